The second-order valence-electron chi connectivity index (χ2n) is 4.16. The van der Waals surface area contributed by atoms with Crippen molar-refractivity contribution in [2.75, 3.05) is 5.32 Å². The Labute approximate surface area is 113 Å². The Morgan fingerprint density at radius 2 is 1.95 bits per heavy atom. The molecule has 0 spiro atoms. The molecule has 0 unspecified atom stereocenters. The first-order chi connectivity index (χ1) is 9.41. The fourth-order valence-electron chi connectivity index (χ4n) is 1.67. The minimum Gasteiger partial charge on any atom is -0.353 e. The molecule has 102 valence electrons. The molecular weight excluding hydrogens is 267 g/mol. The molecule has 0 amide bonds. The molecule has 0 bridgehead atoms. The largest absolute Gasteiger partial charge is 0.416 e. The van der Waals surface area contributed by atoms with Crippen molar-refractivity contribution in [3.8, 4) is 6.07 Å². The van der Waals surface area contributed by atoms with Gasteiger partial charge in [-0.1, -0.05) is 6.07 Å². The van der Waals surface area contributed by atoms with Crippen LogP contribution in [0, 0.1) is 18.3 Å². The van der Waals surface area contributed by atoms with E-state index in [1.54, 1.807) is 19.1 Å². The lowest BCUT2D eigenvalue weighted by molar-refractivity contribution is -0.137. The van der Waals surface area contributed by atoms with Crippen molar-refractivity contribution in [1.29, 1.82) is 5.26 Å². The number of nitriles is 1. The van der Waals surface area contributed by atoms with Crippen molar-refractivity contribution in [3.05, 3.63) is 53.3 Å². The first-order valence-corrected chi connectivity index (χ1v) is 5.72. The summed E-state index contributed by atoms with van der Waals surface area (Å²) in [4.78, 5) is 3.85. The van der Waals surface area contributed by atoms with E-state index in [0.717, 1.165) is 12.1 Å². The molecule has 1 heterocycles. The molecule has 0 atom stereocenters. The van der Waals surface area contributed by atoms with Gasteiger partial charge in [-0.25, -0.2) is 4.98 Å². The van der Waals surface area contributed by atoms with Gasteiger partial charge in [0.15, 0.2) is 5.69 Å². The predicted molar refractivity (Wildman–Crippen MR) is 68.4 cm³/mol. The second-order valence-corrected chi connectivity index (χ2v) is 4.16. The summed E-state index contributed by atoms with van der Waals surface area (Å²) in [6, 6.07) is 8.50. The molecule has 2 aromatic rings. The molecule has 0 radical (unpaired) electrons. The molecule has 1 aromatic carbocycles. The fraction of sp³-hybridized carbons (Fsp3) is 0.143. The summed E-state index contributed by atoms with van der Waals surface area (Å²) < 4.78 is 38.1. The van der Waals surface area contributed by atoms with Crippen LogP contribution in [0.1, 0.15) is 16.8 Å². The van der Waals surface area contributed by atoms with Crippen LogP contribution in [0.2, 0.25) is 0 Å². The number of pyridine rings is 1. The summed E-state index contributed by atoms with van der Waals surface area (Å²) >= 11 is 0. The Balaban J connectivity index is 2.41. The first-order valence-electron chi connectivity index (χ1n) is 5.72. The smallest absolute Gasteiger partial charge is 0.353 e. The van der Waals surface area contributed by atoms with Gasteiger partial charge >= 0.3 is 6.18 Å². The number of anilines is 2. The average molecular weight is 277 g/mol. The van der Waals surface area contributed by atoms with Gasteiger partial charge in [-0.2, -0.15) is 18.4 Å². The van der Waals surface area contributed by atoms with Gasteiger partial charge in [0, 0.05) is 11.9 Å². The summed E-state index contributed by atoms with van der Waals surface area (Å²) in [6.07, 6.45) is -2.96. The van der Waals surface area contributed by atoms with E-state index < -0.39 is 11.7 Å². The van der Waals surface area contributed by atoms with E-state index in [2.05, 4.69) is 10.3 Å². The number of rotatable bonds is 2. The standard InChI is InChI=1S/C14H10F3N3/c1-9-4-5-10(14(15,16)17)7-12(9)20-11-3-2-6-19-13(11)8-18/h2-7,20H,1H3. The highest BCUT2D eigenvalue weighted by Crippen LogP contribution is 2.33. The summed E-state index contributed by atoms with van der Waals surface area (Å²) in [6.45, 7) is 1.69. The molecule has 1 N–H and O–H groups in total. The second kappa shape index (κ2) is 5.21. The molecule has 0 fully saturated rings. The number of hydrogen-bond donors (Lipinski definition) is 1. The Kier molecular flexibility index (Phi) is 3.61. The van der Waals surface area contributed by atoms with Gasteiger partial charge in [-0.3, -0.25) is 0 Å². The molecule has 3 nitrogen and oxygen atoms in total. The van der Waals surface area contributed by atoms with E-state index in [1.807, 2.05) is 6.07 Å². The summed E-state index contributed by atoms with van der Waals surface area (Å²) in [5, 5.41) is 11.7. The van der Waals surface area contributed by atoms with Gasteiger partial charge in [0.2, 0.25) is 0 Å². The van der Waals surface area contributed by atoms with E-state index in [0.29, 0.717) is 16.9 Å². The SMILES string of the molecule is Cc1ccc(C(F)(F)F)cc1Nc1cccnc1C#N. The maximum Gasteiger partial charge on any atom is 0.416 e. The Bertz CT molecular complexity index is 672. The van der Waals surface area contributed by atoms with Gasteiger partial charge in [0.25, 0.3) is 0 Å². The van der Waals surface area contributed by atoms with E-state index in [4.69, 9.17) is 5.26 Å². The van der Waals surface area contributed by atoms with Crippen LogP contribution in [-0.2, 0) is 6.18 Å². The number of alkyl halides is 3. The van der Waals surface area contributed by atoms with Crippen LogP contribution < -0.4 is 5.32 Å². The summed E-state index contributed by atoms with van der Waals surface area (Å²) in [7, 11) is 0. The zero-order valence-electron chi connectivity index (χ0n) is 10.5. The van der Waals surface area contributed by atoms with E-state index in [-0.39, 0.29) is 5.69 Å². The van der Waals surface area contributed by atoms with Crippen LogP contribution in [0.5, 0.6) is 0 Å². The third kappa shape index (κ3) is 2.88. The zero-order chi connectivity index (χ0) is 14.8. The topological polar surface area (TPSA) is 48.7 Å². The third-order valence-corrected chi connectivity index (χ3v) is 2.75. The van der Waals surface area contributed by atoms with Crippen LogP contribution >= 0.6 is 0 Å². The molecule has 0 saturated carbocycles. The summed E-state index contributed by atoms with van der Waals surface area (Å²) in [5.74, 6) is 0. The Morgan fingerprint density at radius 1 is 1.20 bits per heavy atom. The van der Waals surface area contributed by atoms with Crippen molar-refractivity contribution >= 4 is 11.4 Å². The Hall–Kier alpha value is -2.55. The highest BCUT2D eigenvalue weighted by Gasteiger charge is 2.30. The molecule has 0 saturated heterocycles. The quantitative estimate of drug-likeness (QED) is 0.901. The lowest BCUT2D eigenvalue weighted by atomic mass is 10.1. The minimum atomic E-state index is -4.41. The van der Waals surface area contributed by atoms with Crippen molar-refractivity contribution in [2.24, 2.45) is 0 Å². The average Bonchev–Trinajstić information content (AvgIpc) is 2.40. The van der Waals surface area contributed by atoms with Crippen molar-refractivity contribution in [3.63, 3.8) is 0 Å². The maximum atomic E-state index is 12.7. The number of nitrogens with one attached hydrogen (secondary N) is 1. The van der Waals surface area contributed by atoms with Gasteiger partial charge in [-0.15, -0.1) is 0 Å². The van der Waals surface area contributed by atoms with Crippen LogP contribution in [0.25, 0.3) is 0 Å². The molecule has 1 aromatic heterocycles. The fourth-order valence-corrected chi connectivity index (χ4v) is 1.67. The molecule has 0 aliphatic rings. The molecular formula is C14H10F3N3. The van der Waals surface area contributed by atoms with E-state index in [1.165, 1.54) is 12.3 Å². The first kappa shape index (κ1) is 13.9. The lowest BCUT2D eigenvalue weighted by Crippen LogP contribution is -2.06. The number of aromatic nitrogens is 1. The monoisotopic (exact) mass is 277 g/mol. The van der Waals surface area contributed by atoms with Crippen LogP contribution in [0.15, 0.2) is 36.5 Å². The number of halogens is 3. The molecule has 0 aliphatic heterocycles. The number of aryl methyl sites for hydroxylation is 1. The van der Waals surface area contributed by atoms with Crippen molar-refractivity contribution in [1.82, 2.24) is 4.98 Å². The molecule has 2 rings (SSSR count). The molecule has 0 aliphatic carbocycles. The third-order valence-electron chi connectivity index (χ3n) is 2.75. The normalized spacial score (nSPS) is 10.9. The van der Waals surface area contributed by atoms with Crippen molar-refractivity contribution < 1.29 is 13.2 Å². The zero-order valence-corrected chi connectivity index (χ0v) is 10.5. The maximum absolute atomic E-state index is 12.7. The highest BCUT2D eigenvalue weighted by atomic mass is 19.4. The lowest BCUT2D eigenvalue weighted by Gasteiger charge is -2.13. The molecule has 20 heavy (non-hydrogen) atoms. The number of nitrogens with zero attached hydrogens (tertiary/aromatic N) is 2. The summed E-state index contributed by atoms with van der Waals surface area (Å²) in [5.41, 5.74) is 0.699. The van der Waals surface area contributed by atoms with Crippen LogP contribution in [-0.4, -0.2) is 4.98 Å². The highest BCUT2D eigenvalue weighted by molar-refractivity contribution is 5.67. The minimum absolute atomic E-state index is 0.129. The molecule has 6 heteroatoms. The Morgan fingerprint density at radius 3 is 2.60 bits per heavy atom. The van der Waals surface area contributed by atoms with Gasteiger partial charge < -0.3 is 5.32 Å². The van der Waals surface area contributed by atoms with Crippen LogP contribution in [0.3, 0.4) is 0 Å². The number of benzene rings is 1. The van der Waals surface area contributed by atoms with E-state index in [9.17, 15) is 13.2 Å². The van der Waals surface area contributed by atoms with Crippen LogP contribution in [0.4, 0.5) is 24.5 Å². The number of hydrogen-bond acceptors (Lipinski definition) is 3. The van der Waals surface area contributed by atoms with Gasteiger partial charge in [-0.05, 0) is 36.8 Å². The van der Waals surface area contributed by atoms with Crippen molar-refractivity contribution in [2.45, 2.75) is 13.1 Å². The van der Waals surface area contributed by atoms with E-state index >= 15 is 0 Å². The predicted octanol–water partition coefficient (Wildman–Crippen LogP) is 4.02. The van der Waals surface area contributed by atoms with Gasteiger partial charge in [0.05, 0.1) is 11.3 Å². The van der Waals surface area contributed by atoms with Gasteiger partial charge in [0.1, 0.15) is 6.07 Å².